The second-order valence-corrected chi connectivity index (χ2v) is 11.8. The SMILES string of the molecule is CC1(C)[C@H](C(=O)NC2CCCC2=O)[C@H]1c1ccc(S(=O)(=O)N(C(=O)O)C(C)(C)C)cc1. The van der Waals surface area contributed by atoms with Gasteiger partial charge in [-0.3, -0.25) is 9.59 Å². The van der Waals surface area contributed by atoms with Crippen molar-refractivity contribution in [1.29, 1.82) is 0 Å². The normalized spacial score (nSPS) is 25.2. The summed E-state index contributed by atoms with van der Waals surface area (Å²) in [6.45, 7) is 8.47. The quantitative estimate of drug-likeness (QED) is 0.711. The number of carboxylic acid groups (broad SMARTS) is 1. The minimum Gasteiger partial charge on any atom is -0.464 e. The molecule has 0 heterocycles. The van der Waals surface area contributed by atoms with Gasteiger partial charge in [-0.15, -0.1) is 0 Å². The van der Waals surface area contributed by atoms with E-state index in [-0.39, 0.29) is 33.8 Å². The molecule has 170 valence electrons. The number of Topliss-reactive ketones (excluding diaryl/α,β-unsaturated/α-hetero) is 1. The Hall–Kier alpha value is -2.42. The van der Waals surface area contributed by atoms with Crippen LogP contribution in [0.25, 0.3) is 0 Å². The monoisotopic (exact) mass is 450 g/mol. The van der Waals surface area contributed by atoms with Gasteiger partial charge in [0.25, 0.3) is 10.0 Å². The van der Waals surface area contributed by atoms with Gasteiger partial charge in [-0.05, 0) is 56.7 Å². The van der Waals surface area contributed by atoms with E-state index < -0.39 is 27.7 Å². The Labute approximate surface area is 183 Å². The van der Waals surface area contributed by atoms with Crippen molar-refractivity contribution in [3.63, 3.8) is 0 Å². The Morgan fingerprint density at radius 3 is 2.19 bits per heavy atom. The highest BCUT2D eigenvalue weighted by Crippen LogP contribution is 2.64. The molecule has 1 aromatic rings. The van der Waals surface area contributed by atoms with Crippen molar-refractivity contribution >= 4 is 27.8 Å². The molecule has 3 rings (SSSR count). The molecule has 0 bridgehead atoms. The van der Waals surface area contributed by atoms with Gasteiger partial charge in [0.15, 0.2) is 5.78 Å². The van der Waals surface area contributed by atoms with Crippen LogP contribution in [0, 0.1) is 11.3 Å². The van der Waals surface area contributed by atoms with Gasteiger partial charge in [0.1, 0.15) is 0 Å². The molecule has 2 N–H and O–H groups in total. The topological polar surface area (TPSA) is 121 Å². The third-order valence-electron chi connectivity index (χ3n) is 6.29. The zero-order chi connectivity index (χ0) is 23.4. The van der Waals surface area contributed by atoms with Crippen LogP contribution in [0.15, 0.2) is 29.2 Å². The van der Waals surface area contributed by atoms with Crippen LogP contribution in [0.5, 0.6) is 0 Å². The first-order valence-corrected chi connectivity index (χ1v) is 11.8. The molecule has 0 aromatic heterocycles. The lowest BCUT2D eigenvalue weighted by Gasteiger charge is -2.31. The van der Waals surface area contributed by atoms with E-state index in [1.165, 1.54) is 32.9 Å². The maximum Gasteiger partial charge on any atom is 0.421 e. The van der Waals surface area contributed by atoms with Crippen LogP contribution in [0.3, 0.4) is 0 Å². The van der Waals surface area contributed by atoms with Gasteiger partial charge in [0, 0.05) is 12.3 Å². The van der Waals surface area contributed by atoms with E-state index in [4.69, 9.17) is 0 Å². The molecule has 2 amide bonds. The fourth-order valence-electron chi connectivity index (χ4n) is 4.68. The van der Waals surface area contributed by atoms with Crippen molar-refractivity contribution in [2.45, 2.75) is 76.3 Å². The average molecular weight is 451 g/mol. The van der Waals surface area contributed by atoms with Crippen molar-refractivity contribution in [1.82, 2.24) is 9.62 Å². The molecule has 0 spiro atoms. The van der Waals surface area contributed by atoms with E-state index in [9.17, 15) is 27.9 Å². The van der Waals surface area contributed by atoms with Gasteiger partial charge in [-0.2, -0.15) is 4.31 Å². The van der Waals surface area contributed by atoms with Crippen LogP contribution in [0.1, 0.15) is 65.4 Å². The van der Waals surface area contributed by atoms with Crippen LogP contribution in [-0.2, 0) is 19.6 Å². The Bertz CT molecular complexity index is 1010. The average Bonchev–Trinajstić information content (AvgIpc) is 2.98. The minimum absolute atomic E-state index is 0.0692. The lowest BCUT2D eigenvalue weighted by atomic mass is 10.0. The highest BCUT2D eigenvalue weighted by atomic mass is 32.2. The molecule has 0 saturated heterocycles. The summed E-state index contributed by atoms with van der Waals surface area (Å²) in [7, 11) is -4.24. The summed E-state index contributed by atoms with van der Waals surface area (Å²) >= 11 is 0. The van der Waals surface area contributed by atoms with E-state index in [2.05, 4.69) is 5.32 Å². The highest BCUT2D eigenvalue weighted by Gasteiger charge is 2.62. The number of hydrogen-bond acceptors (Lipinski definition) is 5. The third kappa shape index (κ3) is 4.20. The molecule has 9 heteroatoms. The Morgan fingerprint density at radius 1 is 1.16 bits per heavy atom. The van der Waals surface area contributed by atoms with Crippen LogP contribution >= 0.6 is 0 Å². The van der Waals surface area contributed by atoms with Crippen molar-refractivity contribution in [2.24, 2.45) is 11.3 Å². The van der Waals surface area contributed by atoms with Gasteiger partial charge in [0.2, 0.25) is 5.91 Å². The molecule has 8 nitrogen and oxygen atoms in total. The number of carbonyl (C=O) groups excluding carboxylic acids is 2. The molecule has 2 aliphatic carbocycles. The molecule has 0 aliphatic heterocycles. The third-order valence-corrected chi connectivity index (χ3v) is 8.34. The summed E-state index contributed by atoms with van der Waals surface area (Å²) in [5.74, 6) is -0.510. The second-order valence-electron chi connectivity index (χ2n) is 9.99. The zero-order valence-electron chi connectivity index (χ0n) is 18.5. The number of ketones is 1. The molecule has 3 atom stereocenters. The van der Waals surface area contributed by atoms with E-state index in [0.717, 1.165) is 12.0 Å². The number of nitrogens with zero attached hydrogens (tertiary/aromatic N) is 1. The van der Waals surface area contributed by atoms with Crippen molar-refractivity contribution in [2.75, 3.05) is 0 Å². The van der Waals surface area contributed by atoms with E-state index in [0.29, 0.717) is 17.1 Å². The predicted octanol–water partition coefficient (Wildman–Crippen LogP) is 3.13. The molecule has 1 aromatic carbocycles. The van der Waals surface area contributed by atoms with E-state index in [1.807, 2.05) is 13.8 Å². The van der Waals surface area contributed by atoms with Crippen molar-refractivity contribution in [3.05, 3.63) is 29.8 Å². The molecule has 0 radical (unpaired) electrons. The first-order valence-electron chi connectivity index (χ1n) is 10.4. The first-order chi connectivity index (χ1) is 14.2. The largest absolute Gasteiger partial charge is 0.464 e. The van der Waals surface area contributed by atoms with Crippen LogP contribution in [0.2, 0.25) is 0 Å². The molecule has 2 saturated carbocycles. The number of nitrogens with one attached hydrogen (secondary N) is 1. The molecular weight excluding hydrogens is 420 g/mol. The van der Waals surface area contributed by atoms with E-state index >= 15 is 0 Å². The van der Waals surface area contributed by atoms with Crippen molar-refractivity contribution < 1.29 is 27.9 Å². The summed E-state index contributed by atoms with van der Waals surface area (Å²) in [5.41, 5.74) is -0.660. The summed E-state index contributed by atoms with van der Waals surface area (Å²) < 4.78 is 26.2. The maximum absolute atomic E-state index is 12.9. The lowest BCUT2D eigenvalue weighted by molar-refractivity contribution is -0.127. The first kappa shape index (κ1) is 23.2. The smallest absolute Gasteiger partial charge is 0.421 e. The molecular formula is C22H30N2O6S. The van der Waals surface area contributed by atoms with Gasteiger partial charge in [0.05, 0.1) is 22.4 Å². The van der Waals surface area contributed by atoms with Gasteiger partial charge in [-0.25, -0.2) is 13.2 Å². The number of benzene rings is 1. The van der Waals surface area contributed by atoms with Crippen LogP contribution < -0.4 is 5.32 Å². The minimum atomic E-state index is -4.24. The summed E-state index contributed by atoms with van der Waals surface area (Å²) in [6.07, 6.45) is 0.417. The van der Waals surface area contributed by atoms with Crippen molar-refractivity contribution in [3.8, 4) is 0 Å². The molecule has 2 aliphatic rings. The number of amides is 2. The van der Waals surface area contributed by atoms with Gasteiger partial charge in [-0.1, -0.05) is 26.0 Å². The molecule has 31 heavy (non-hydrogen) atoms. The number of rotatable bonds is 5. The fraction of sp³-hybridized carbons (Fsp3) is 0.591. The number of carbonyl (C=O) groups is 3. The second kappa shape index (κ2) is 7.62. The molecule has 1 unspecified atom stereocenters. The molecule has 2 fully saturated rings. The predicted molar refractivity (Wildman–Crippen MR) is 114 cm³/mol. The maximum atomic E-state index is 12.9. The lowest BCUT2D eigenvalue weighted by Crippen LogP contribution is -2.48. The zero-order valence-corrected chi connectivity index (χ0v) is 19.3. The summed E-state index contributed by atoms with van der Waals surface area (Å²) in [4.78, 5) is 36.1. The number of hydrogen-bond donors (Lipinski definition) is 2. The van der Waals surface area contributed by atoms with Gasteiger partial charge < -0.3 is 10.4 Å². The van der Waals surface area contributed by atoms with Crippen LogP contribution in [0.4, 0.5) is 4.79 Å². The van der Waals surface area contributed by atoms with Gasteiger partial charge >= 0.3 is 6.09 Å². The Morgan fingerprint density at radius 2 is 1.74 bits per heavy atom. The standard InChI is InChI=1S/C22H30N2O6S/c1-21(2,3)24(20(27)28)31(29,30)14-11-9-13(10-12-14)17-18(22(17,4)5)19(26)23-15-7-6-8-16(15)25/h9-12,15,17-18H,6-8H2,1-5H3,(H,23,26)(H,27,28)/t15?,17-,18+/m1/s1. The van der Waals surface area contributed by atoms with Crippen LogP contribution in [-0.4, -0.2) is 47.2 Å². The Kier molecular flexibility index (Phi) is 5.71. The fourth-order valence-corrected chi connectivity index (χ4v) is 6.30. The number of sulfonamides is 1. The summed E-state index contributed by atoms with van der Waals surface area (Å²) in [5, 5.41) is 12.3. The Balaban J connectivity index is 1.80. The highest BCUT2D eigenvalue weighted by molar-refractivity contribution is 7.89. The van der Waals surface area contributed by atoms with E-state index in [1.54, 1.807) is 12.1 Å². The summed E-state index contributed by atoms with van der Waals surface area (Å²) in [6, 6.07) is 5.63.